The summed E-state index contributed by atoms with van der Waals surface area (Å²) in [6.07, 6.45) is 0.957. The molecule has 17 heavy (non-hydrogen) atoms. The first kappa shape index (κ1) is 13.8. The van der Waals surface area contributed by atoms with Crippen LogP contribution < -0.4 is 10.5 Å². The number of aliphatic hydroxyl groups is 1. The second kappa shape index (κ2) is 7.92. The van der Waals surface area contributed by atoms with Crippen molar-refractivity contribution in [3.05, 3.63) is 24.3 Å². The number of aliphatic hydroxyl groups excluding tert-OH is 1. The molecule has 0 heterocycles. The highest BCUT2D eigenvalue weighted by Crippen LogP contribution is 2.13. The van der Waals surface area contributed by atoms with E-state index in [9.17, 15) is 0 Å². The van der Waals surface area contributed by atoms with E-state index in [0.717, 1.165) is 37.5 Å². The van der Waals surface area contributed by atoms with Crippen molar-refractivity contribution < 1.29 is 9.84 Å². The number of nitrogens with two attached hydrogens (primary N) is 1. The van der Waals surface area contributed by atoms with Crippen molar-refractivity contribution in [3.63, 3.8) is 0 Å². The van der Waals surface area contributed by atoms with E-state index in [1.54, 1.807) is 0 Å². The number of hydrogen-bond donors (Lipinski definition) is 2. The molecular weight excluding hydrogens is 216 g/mol. The molecule has 0 aromatic heterocycles. The fraction of sp³-hybridized carbons (Fsp3) is 0.538. The van der Waals surface area contributed by atoms with Gasteiger partial charge in [0.25, 0.3) is 0 Å². The molecule has 1 rings (SSSR count). The highest BCUT2D eigenvalue weighted by atomic mass is 16.5. The van der Waals surface area contributed by atoms with E-state index >= 15 is 0 Å². The van der Waals surface area contributed by atoms with E-state index < -0.39 is 0 Å². The molecule has 3 N–H and O–H groups in total. The molecule has 0 saturated heterocycles. The second-order valence-electron chi connectivity index (χ2n) is 3.93. The summed E-state index contributed by atoms with van der Waals surface area (Å²) in [5.41, 5.74) is 6.33. The lowest BCUT2D eigenvalue weighted by Gasteiger charge is -2.18. The van der Waals surface area contributed by atoms with Crippen LogP contribution in [0.5, 0.6) is 5.75 Å². The Labute approximate surface area is 103 Å². The molecular formula is C13H22N2O2. The highest BCUT2D eigenvalue weighted by molar-refractivity contribution is 5.41. The second-order valence-corrected chi connectivity index (χ2v) is 3.93. The average Bonchev–Trinajstić information content (AvgIpc) is 2.35. The van der Waals surface area contributed by atoms with Crippen molar-refractivity contribution in [2.45, 2.75) is 13.3 Å². The molecule has 0 aliphatic carbocycles. The lowest BCUT2D eigenvalue weighted by atomic mass is 10.3. The van der Waals surface area contributed by atoms with Gasteiger partial charge in [-0.1, -0.05) is 6.92 Å². The van der Waals surface area contributed by atoms with Crippen LogP contribution in [0.25, 0.3) is 0 Å². The molecule has 0 radical (unpaired) electrons. The van der Waals surface area contributed by atoms with Gasteiger partial charge in [-0.05, 0) is 37.2 Å². The third kappa shape index (κ3) is 5.56. The number of benzene rings is 1. The van der Waals surface area contributed by atoms with E-state index in [1.165, 1.54) is 0 Å². The molecule has 0 unspecified atom stereocenters. The van der Waals surface area contributed by atoms with E-state index in [-0.39, 0.29) is 6.61 Å². The summed E-state index contributed by atoms with van der Waals surface area (Å²) in [6.45, 7) is 5.64. The number of hydrogen-bond acceptors (Lipinski definition) is 4. The number of likely N-dealkylation sites (N-methyl/N-ethyl adjacent to an activating group) is 1. The largest absolute Gasteiger partial charge is 0.494 e. The van der Waals surface area contributed by atoms with Gasteiger partial charge in [0.1, 0.15) is 5.75 Å². The first-order valence-corrected chi connectivity index (χ1v) is 6.07. The minimum atomic E-state index is 0.215. The summed E-state index contributed by atoms with van der Waals surface area (Å²) >= 11 is 0. The molecule has 0 aliphatic heterocycles. The fourth-order valence-corrected chi connectivity index (χ4v) is 1.61. The van der Waals surface area contributed by atoms with Gasteiger partial charge < -0.3 is 20.5 Å². The van der Waals surface area contributed by atoms with Crippen LogP contribution in [0.2, 0.25) is 0 Å². The Kier molecular flexibility index (Phi) is 6.43. The normalized spacial score (nSPS) is 10.8. The Morgan fingerprint density at radius 1 is 1.24 bits per heavy atom. The summed E-state index contributed by atoms with van der Waals surface area (Å²) in [5.74, 6) is 0.851. The van der Waals surface area contributed by atoms with Gasteiger partial charge in [-0.25, -0.2) is 0 Å². The molecule has 1 aromatic carbocycles. The van der Waals surface area contributed by atoms with Crippen molar-refractivity contribution in [1.29, 1.82) is 0 Å². The maximum atomic E-state index is 8.84. The zero-order valence-corrected chi connectivity index (χ0v) is 10.4. The summed E-state index contributed by atoms with van der Waals surface area (Å²) in [4.78, 5) is 2.20. The Morgan fingerprint density at radius 3 is 2.53 bits per heavy atom. The number of rotatable bonds is 8. The molecule has 0 spiro atoms. The van der Waals surface area contributed by atoms with Crippen molar-refractivity contribution in [2.24, 2.45) is 0 Å². The monoisotopic (exact) mass is 238 g/mol. The van der Waals surface area contributed by atoms with Crippen LogP contribution >= 0.6 is 0 Å². The van der Waals surface area contributed by atoms with E-state index in [1.807, 2.05) is 24.3 Å². The van der Waals surface area contributed by atoms with Gasteiger partial charge >= 0.3 is 0 Å². The van der Waals surface area contributed by atoms with Crippen molar-refractivity contribution >= 4 is 5.69 Å². The van der Waals surface area contributed by atoms with Crippen molar-refractivity contribution in [3.8, 4) is 5.75 Å². The molecule has 0 saturated carbocycles. The van der Waals surface area contributed by atoms with Gasteiger partial charge in [-0.3, -0.25) is 0 Å². The maximum absolute atomic E-state index is 8.84. The standard InChI is InChI=1S/C13H22N2O2/c1-2-15(9-10-16)8-3-11-17-13-6-4-12(14)5-7-13/h4-7,16H,2-3,8-11,14H2,1H3. The molecule has 1 aromatic rings. The Morgan fingerprint density at radius 2 is 1.94 bits per heavy atom. The van der Waals surface area contributed by atoms with Crippen LogP contribution in [-0.4, -0.2) is 42.9 Å². The van der Waals surface area contributed by atoms with Crippen molar-refractivity contribution in [1.82, 2.24) is 4.90 Å². The third-order valence-corrected chi connectivity index (χ3v) is 2.63. The highest BCUT2D eigenvalue weighted by Gasteiger charge is 2.00. The predicted molar refractivity (Wildman–Crippen MR) is 70.2 cm³/mol. The lowest BCUT2D eigenvalue weighted by Crippen LogP contribution is -2.28. The van der Waals surface area contributed by atoms with Crippen LogP contribution in [0.1, 0.15) is 13.3 Å². The van der Waals surface area contributed by atoms with E-state index in [2.05, 4.69) is 11.8 Å². The van der Waals surface area contributed by atoms with E-state index in [4.69, 9.17) is 15.6 Å². The minimum absolute atomic E-state index is 0.215. The molecule has 0 bridgehead atoms. The first-order chi connectivity index (χ1) is 8.26. The van der Waals surface area contributed by atoms with Gasteiger partial charge in [-0.2, -0.15) is 0 Å². The molecule has 4 heteroatoms. The number of ether oxygens (including phenoxy) is 1. The Hall–Kier alpha value is -1.26. The van der Waals surface area contributed by atoms with Gasteiger partial charge in [0.15, 0.2) is 0 Å². The van der Waals surface area contributed by atoms with Crippen LogP contribution in [0.3, 0.4) is 0 Å². The van der Waals surface area contributed by atoms with Gasteiger partial charge in [0, 0.05) is 18.8 Å². The van der Waals surface area contributed by atoms with Gasteiger partial charge in [-0.15, -0.1) is 0 Å². The van der Waals surface area contributed by atoms with Crippen LogP contribution in [0, 0.1) is 0 Å². The summed E-state index contributed by atoms with van der Waals surface area (Å²) in [6, 6.07) is 7.42. The smallest absolute Gasteiger partial charge is 0.119 e. The SMILES string of the molecule is CCN(CCO)CCCOc1ccc(N)cc1. The quantitative estimate of drug-likeness (QED) is 0.530. The predicted octanol–water partition coefficient (Wildman–Crippen LogP) is 1.35. The topological polar surface area (TPSA) is 58.7 Å². The summed E-state index contributed by atoms with van der Waals surface area (Å²) in [7, 11) is 0. The average molecular weight is 238 g/mol. The van der Waals surface area contributed by atoms with Gasteiger partial charge in [0.05, 0.1) is 13.2 Å². The molecule has 0 amide bonds. The summed E-state index contributed by atoms with van der Waals surface area (Å²) in [5, 5.41) is 8.84. The number of nitrogens with zero attached hydrogens (tertiary/aromatic N) is 1. The molecule has 96 valence electrons. The molecule has 0 fully saturated rings. The Balaban J connectivity index is 2.17. The first-order valence-electron chi connectivity index (χ1n) is 6.07. The zero-order chi connectivity index (χ0) is 12.5. The lowest BCUT2D eigenvalue weighted by molar-refractivity contribution is 0.189. The third-order valence-electron chi connectivity index (χ3n) is 2.63. The zero-order valence-electron chi connectivity index (χ0n) is 10.4. The molecule has 0 aliphatic rings. The number of anilines is 1. The minimum Gasteiger partial charge on any atom is -0.494 e. The van der Waals surface area contributed by atoms with Gasteiger partial charge in [0.2, 0.25) is 0 Å². The van der Waals surface area contributed by atoms with Crippen LogP contribution in [0.4, 0.5) is 5.69 Å². The molecule has 0 atom stereocenters. The fourth-order valence-electron chi connectivity index (χ4n) is 1.61. The van der Waals surface area contributed by atoms with Crippen LogP contribution in [-0.2, 0) is 0 Å². The van der Waals surface area contributed by atoms with Crippen molar-refractivity contribution in [2.75, 3.05) is 38.6 Å². The summed E-state index contributed by atoms with van der Waals surface area (Å²) < 4.78 is 5.59. The maximum Gasteiger partial charge on any atom is 0.119 e. The van der Waals surface area contributed by atoms with Crippen LogP contribution in [0.15, 0.2) is 24.3 Å². The Bertz CT molecular complexity index is 301. The van der Waals surface area contributed by atoms with E-state index in [0.29, 0.717) is 6.61 Å². The number of nitrogen functional groups attached to an aromatic ring is 1. The molecule has 4 nitrogen and oxygen atoms in total.